The predicted molar refractivity (Wildman–Crippen MR) is 87.5 cm³/mol. The molecular formula is C14H9Cl2N3O3S. The normalized spacial score (nSPS) is 14.1. The number of hydrazine groups is 1. The molecule has 4 amide bonds. The Hall–Kier alpha value is -2.09. The standard InChI is InChI=1S/C14H9Cl2N3O3S/c15-8-3-7(4-9(16)5-8)10-1-2-11(23-10)13(21)18-19-6-12(20)17-14(19)22/h1-5H,6H2,(H,18,21)(H,17,20,22). The minimum Gasteiger partial charge on any atom is -0.275 e. The van der Waals surface area contributed by atoms with Crippen LogP contribution in [-0.2, 0) is 4.79 Å². The Morgan fingerprint density at radius 1 is 1.17 bits per heavy atom. The molecule has 6 nitrogen and oxygen atoms in total. The summed E-state index contributed by atoms with van der Waals surface area (Å²) in [5, 5.41) is 4.00. The Morgan fingerprint density at radius 2 is 1.87 bits per heavy atom. The van der Waals surface area contributed by atoms with E-state index >= 15 is 0 Å². The van der Waals surface area contributed by atoms with Gasteiger partial charge >= 0.3 is 6.03 Å². The number of nitrogens with one attached hydrogen (secondary N) is 2. The zero-order valence-corrected chi connectivity index (χ0v) is 13.8. The Labute approximate surface area is 145 Å². The van der Waals surface area contributed by atoms with Crippen molar-refractivity contribution in [2.24, 2.45) is 0 Å². The van der Waals surface area contributed by atoms with E-state index in [4.69, 9.17) is 23.2 Å². The van der Waals surface area contributed by atoms with Gasteiger partial charge in [0.2, 0.25) is 5.91 Å². The molecule has 1 aromatic carbocycles. The lowest BCUT2D eigenvalue weighted by Gasteiger charge is -2.13. The van der Waals surface area contributed by atoms with Crippen molar-refractivity contribution in [1.29, 1.82) is 0 Å². The molecule has 0 aliphatic carbocycles. The second-order valence-electron chi connectivity index (χ2n) is 4.70. The average Bonchev–Trinajstić information content (AvgIpc) is 3.05. The number of hydrogen-bond acceptors (Lipinski definition) is 4. The van der Waals surface area contributed by atoms with E-state index in [1.54, 1.807) is 30.3 Å². The molecule has 2 heterocycles. The van der Waals surface area contributed by atoms with Crippen LogP contribution in [0, 0.1) is 0 Å². The first-order valence-corrected chi connectivity index (χ1v) is 7.98. The van der Waals surface area contributed by atoms with Crippen molar-refractivity contribution in [3.63, 3.8) is 0 Å². The molecule has 1 aliphatic heterocycles. The third kappa shape index (κ3) is 3.47. The summed E-state index contributed by atoms with van der Waals surface area (Å²) in [7, 11) is 0. The van der Waals surface area contributed by atoms with Crippen molar-refractivity contribution in [3.8, 4) is 10.4 Å². The fourth-order valence-corrected chi connectivity index (χ4v) is 3.43. The minimum absolute atomic E-state index is 0.202. The highest BCUT2D eigenvalue weighted by atomic mass is 35.5. The van der Waals surface area contributed by atoms with Gasteiger partial charge in [-0.1, -0.05) is 23.2 Å². The topological polar surface area (TPSA) is 78.5 Å². The largest absolute Gasteiger partial charge is 0.343 e. The number of thiophene rings is 1. The minimum atomic E-state index is -0.651. The van der Waals surface area contributed by atoms with Crippen LogP contribution in [0.15, 0.2) is 30.3 Å². The van der Waals surface area contributed by atoms with Crippen molar-refractivity contribution in [1.82, 2.24) is 15.8 Å². The van der Waals surface area contributed by atoms with Crippen molar-refractivity contribution in [2.45, 2.75) is 0 Å². The summed E-state index contributed by atoms with van der Waals surface area (Å²) in [6, 6.07) is 7.84. The van der Waals surface area contributed by atoms with Crippen LogP contribution >= 0.6 is 34.5 Å². The van der Waals surface area contributed by atoms with Crippen LogP contribution in [0.1, 0.15) is 9.67 Å². The molecule has 2 N–H and O–H groups in total. The molecule has 0 spiro atoms. The number of carbonyl (C=O) groups is 3. The Bertz CT molecular complexity index is 801. The molecule has 23 heavy (non-hydrogen) atoms. The lowest BCUT2D eigenvalue weighted by atomic mass is 10.2. The average molecular weight is 370 g/mol. The van der Waals surface area contributed by atoms with Crippen LogP contribution in [0.2, 0.25) is 10.0 Å². The van der Waals surface area contributed by atoms with E-state index in [0.29, 0.717) is 14.9 Å². The summed E-state index contributed by atoms with van der Waals surface area (Å²) < 4.78 is 0. The van der Waals surface area contributed by atoms with E-state index in [0.717, 1.165) is 15.4 Å². The molecule has 0 saturated carbocycles. The summed E-state index contributed by atoms with van der Waals surface area (Å²) in [6.07, 6.45) is 0. The molecule has 1 aliphatic rings. The quantitative estimate of drug-likeness (QED) is 0.816. The second kappa shape index (κ2) is 6.19. The second-order valence-corrected chi connectivity index (χ2v) is 6.66. The smallest absolute Gasteiger partial charge is 0.275 e. The number of halogens is 2. The number of imide groups is 1. The lowest BCUT2D eigenvalue weighted by molar-refractivity contribution is -0.118. The summed E-state index contributed by atoms with van der Waals surface area (Å²) in [5.74, 6) is -0.935. The van der Waals surface area contributed by atoms with Crippen molar-refractivity contribution >= 4 is 52.4 Å². The van der Waals surface area contributed by atoms with Crippen LogP contribution in [0.3, 0.4) is 0 Å². The summed E-state index contributed by atoms with van der Waals surface area (Å²) in [4.78, 5) is 35.8. The Kier molecular flexibility index (Phi) is 4.25. The number of carbonyl (C=O) groups excluding carboxylic acids is 3. The number of nitrogens with zero attached hydrogens (tertiary/aromatic N) is 1. The summed E-state index contributed by atoms with van der Waals surface area (Å²) in [5.41, 5.74) is 3.17. The van der Waals surface area contributed by atoms with Crippen LogP contribution in [0.5, 0.6) is 0 Å². The van der Waals surface area contributed by atoms with E-state index in [1.165, 1.54) is 11.3 Å². The fourth-order valence-electron chi connectivity index (χ4n) is 2.02. The van der Waals surface area contributed by atoms with Crippen LogP contribution in [0.4, 0.5) is 4.79 Å². The zero-order chi connectivity index (χ0) is 16.6. The van der Waals surface area contributed by atoms with E-state index in [2.05, 4.69) is 10.7 Å². The zero-order valence-electron chi connectivity index (χ0n) is 11.4. The number of rotatable bonds is 3. The maximum absolute atomic E-state index is 12.1. The fraction of sp³-hybridized carbons (Fsp3) is 0.0714. The van der Waals surface area contributed by atoms with Gasteiger partial charge in [-0.15, -0.1) is 11.3 Å². The number of benzene rings is 1. The lowest BCUT2D eigenvalue weighted by Crippen LogP contribution is -2.43. The first kappa shape index (κ1) is 15.8. The molecule has 1 aromatic heterocycles. The van der Waals surface area contributed by atoms with Gasteiger partial charge in [0.1, 0.15) is 6.54 Å². The van der Waals surface area contributed by atoms with Crippen LogP contribution < -0.4 is 10.7 Å². The van der Waals surface area contributed by atoms with Gasteiger partial charge in [0.15, 0.2) is 0 Å². The highest BCUT2D eigenvalue weighted by Gasteiger charge is 2.28. The Balaban J connectivity index is 1.77. The Morgan fingerprint density at radius 3 is 2.48 bits per heavy atom. The van der Waals surface area contributed by atoms with Crippen molar-refractivity contribution < 1.29 is 14.4 Å². The molecule has 3 rings (SSSR count). The molecule has 0 radical (unpaired) electrons. The molecule has 0 bridgehead atoms. The van der Waals surface area contributed by atoms with E-state index in [9.17, 15) is 14.4 Å². The SMILES string of the molecule is O=C1CN(NC(=O)c2ccc(-c3cc(Cl)cc(Cl)c3)s2)C(=O)N1. The van der Waals surface area contributed by atoms with Gasteiger partial charge in [-0.25, -0.2) is 9.80 Å². The number of hydrogen-bond donors (Lipinski definition) is 2. The molecule has 2 aromatic rings. The highest BCUT2D eigenvalue weighted by Crippen LogP contribution is 2.32. The van der Waals surface area contributed by atoms with Crippen molar-refractivity contribution in [3.05, 3.63) is 45.3 Å². The van der Waals surface area contributed by atoms with E-state index in [-0.39, 0.29) is 6.54 Å². The number of amides is 4. The third-order valence-electron chi connectivity index (χ3n) is 3.01. The third-order valence-corrected chi connectivity index (χ3v) is 4.58. The van der Waals surface area contributed by atoms with Gasteiger partial charge in [-0.05, 0) is 35.9 Å². The summed E-state index contributed by atoms with van der Waals surface area (Å²) in [6.45, 7) is -0.202. The van der Waals surface area contributed by atoms with Crippen LogP contribution in [0.25, 0.3) is 10.4 Å². The molecule has 0 unspecified atom stereocenters. The van der Waals surface area contributed by atoms with Gasteiger partial charge in [0, 0.05) is 14.9 Å². The van der Waals surface area contributed by atoms with Gasteiger partial charge in [0.05, 0.1) is 4.88 Å². The molecule has 118 valence electrons. The summed E-state index contributed by atoms with van der Waals surface area (Å²) >= 11 is 13.2. The first-order valence-electron chi connectivity index (χ1n) is 6.41. The molecular weight excluding hydrogens is 361 g/mol. The monoisotopic (exact) mass is 369 g/mol. The highest BCUT2D eigenvalue weighted by molar-refractivity contribution is 7.17. The molecule has 1 saturated heterocycles. The predicted octanol–water partition coefficient (Wildman–Crippen LogP) is 2.92. The van der Waals surface area contributed by atoms with E-state index < -0.39 is 17.8 Å². The maximum Gasteiger partial charge on any atom is 0.343 e. The molecule has 1 fully saturated rings. The van der Waals surface area contributed by atoms with Gasteiger partial charge in [0.25, 0.3) is 5.91 Å². The first-order chi connectivity index (χ1) is 10.9. The number of urea groups is 1. The van der Waals surface area contributed by atoms with E-state index in [1.807, 2.05) is 0 Å². The maximum atomic E-state index is 12.1. The molecule has 0 atom stereocenters. The van der Waals surface area contributed by atoms with Crippen LogP contribution in [-0.4, -0.2) is 29.4 Å². The molecule has 9 heteroatoms. The van der Waals surface area contributed by atoms with Gasteiger partial charge in [-0.2, -0.15) is 0 Å². The van der Waals surface area contributed by atoms with Crippen molar-refractivity contribution in [2.75, 3.05) is 6.54 Å². The van der Waals surface area contributed by atoms with Gasteiger partial charge in [-0.3, -0.25) is 20.3 Å². The van der Waals surface area contributed by atoms with Gasteiger partial charge < -0.3 is 0 Å².